The molecule has 2 heterocycles. The summed E-state index contributed by atoms with van der Waals surface area (Å²) < 4.78 is 23.1. The lowest BCUT2D eigenvalue weighted by Crippen LogP contribution is -2.55. The highest BCUT2D eigenvalue weighted by Gasteiger charge is 2.55. The molecule has 19 heavy (non-hydrogen) atoms. The molecule has 0 unspecified atom stereocenters. The Morgan fingerprint density at radius 3 is 2.53 bits per heavy atom. The van der Waals surface area contributed by atoms with Gasteiger partial charge in [-0.05, 0) is 26.5 Å². The first-order valence-corrected chi connectivity index (χ1v) is 7.69. The van der Waals surface area contributed by atoms with E-state index in [1.807, 2.05) is 27.7 Å². The number of fused-ring (bicyclic) bond motifs is 1. The monoisotopic (exact) mass is 290 g/mol. The van der Waals surface area contributed by atoms with E-state index in [0.717, 1.165) is 5.75 Å². The summed E-state index contributed by atoms with van der Waals surface area (Å²) >= 11 is 1.62. The molecule has 2 rings (SSSR count). The van der Waals surface area contributed by atoms with Crippen molar-refractivity contribution in [3.63, 3.8) is 0 Å². The average Bonchev–Trinajstić information content (AvgIpc) is 2.60. The number of rotatable bonds is 3. The van der Waals surface area contributed by atoms with Gasteiger partial charge in [0.2, 0.25) is 0 Å². The van der Waals surface area contributed by atoms with Gasteiger partial charge in [0.1, 0.15) is 17.6 Å². The van der Waals surface area contributed by atoms with Crippen LogP contribution in [-0.2, 0) is 23.7 Å². The van der Waals surface area contributed by atoms with Crippen molar-refractivity contribution in [2.45, 2.75) is 70.3 Å². The first-order valence-electron chi connectivity index (χ1n) is 6.64. The van der Waals surface area contributed by atoms with Crippen LogP contribution in [0.5, 0.6) is 0 Å². The number of ether oxygens (including phenoxy) is 4. The van der Waals surface area contributed by atoms with E-state index in [4.69, 9.17) is 18.9 Å². The number of esters is 1. The van der Waals surface area contributed by atoms with Gasteiger partial charge < -0.3 is 18.9 Å². The zero-order valence-corrected chi connectivity index (χ0v) is 12.9. The molecule has 0 spiro atoms. The lowest BCUT2D eigenvalue weighted by atomic mass is 10.0. The highest BCUT2D eigenvalue weighted by Crippen LogP contribution is 2.41. The van der Waals surface area contributed by atoms with Gasteiger partial charge in [0.05, 0.1) is 6.10 Å². The molecule has 0 aromatic carbocycles. The Labute approximate surface area is 118 Å². The van der Waals surface area contributed by atoms with Crippen molar-refractivity contribution in [3.05, 3.63) is 0 Å². The predicted molar refractivity (Wildman–Crippen MR) is 71.8 cm³/mol. The van der Waals surface area contributed by atoms with Gasteiger partial charge in [-0.1, -0.05) is 6.92 Å². The molecule has 0 amide bonds. The molecule has 0 saturated carbocycles. The minimum atomic E-state index is -0.670. The molecule has 0 aromatic rings. The first kappa shape index (κ1) is 15.1. The predicted octanol–water partition coefficient (Wildman–Crippen LogP) is 1.94. The molecule has 5 nitrogen and oxygen atoms in total. The fourth-order valence-corrected chi connectivity index (χ4v) is 3.55. The highest BCUT2D eigenvalue weighted by atomic mass is 32.2. The Morgan fingerprint density at radius 2 is 1.95 bits per heavy atom. The summed E-state index contributed by atoms with van der Waals surface area (Å²) in [5.41, 5.74) is -0.206. The molecule has 5 atom stereocenters. The van der Waals surface area contributed by atoms with Crippen LogP contribution in [-0.4, -0.2) is 47.4 Å². The van der Waals surface area contributed by atoms with Crippen LogP contribution in [0.1, 0.15) is 34.6 Å². The van der Waals surface area contributed by atoms with Crippen LogP contribution >= 0.6 is 11.8 Å². The maximum Gasteiger partial charge on any atom is 0.303 e. The molecule has 2 fully saturated rings. The number of thioether (sulfide) groups is 1. The second-order valence-corrected chi connectivity index (χ2v) is 6.68. The van der Waals surface area contributed by atoms with Crippen molar-refractivity contribution in [2.75, 3.05) is 5.75 Å². The molecule has 0 bridgehead atoms. The Kier molecular flexibility index (Phi) is 4.45. The van der Waals surface area contributed by atoms with Crippen LogP contribution < -0.4 is 0 Å². The van der Waals surface area contributed by atoms with Crippen molar-refractivity contribution in [1.82, 2.24) is 0 Å². The Bertz CT molecular complexity index is 346. The third kappa shape index (κ3) is 3.24. The van der Waals surface area contributed by atoms with Gasteiger partial charge in [-0.3, -0.25) is 4.79 Å². The van der Waals surface area contributed by atoms with Gasteiger partial charge in [0, 0.05) is 6.92 Å². The van der Waals surface area contributed by atoms with E-state index in [-0.39, 0.29) is 29.7 Å². The summed E-state index contributed by atoms with van der Waals surface area (Å²) in [4.78, 5) is 11.3. The number of carbonyl (C=O) groups is 1. The van der Waals surface area contributed by atoms with Gasteiger partial charge in [-0.2, -0.15) is 0 Å². The maximum atomic E-state index is 11.3. The SMILES string of the molecule is CCS[C@H]1O[C@@H](C)[C@H]2OC(C)(C)O[C@H]2[C@@H]1OC(C)=O. The van der Waals surface area contributed by atoms with Crippen LogP contribution in [0.4, 0.5) is 0 Å². The van der Waals surface area contributed by atoms with Crippen molar-refractivity contribution < 1.29 is 23.7 Å². The normalized spacial score (nSPS) is 40.8. The summed E-state index contributed by atoms with van der Waals surface area (Å²) in [6.45, 7) is 9.15. The molecule has 2 aliphatic heterocycles. The topological polar surface area (TPSA) is 54.0 Å². The smallest absolute Gasteiger partial charge is 0.303 e. The van der Waals surface area contributed by atoms with Gasteiger partial charge in [-0.25, -0.2) is 0 Å². The zero-order chi connectivity index (χ0) is 14.2. The van der Waals surface area contributed by atoms with Gasteiger partial charge >= 0.3 is 5.97 Å². The third-order valence-corrected chi connectivity index (χ3v) is 4.24. The molecule has 0 aliphatic carbocycles. The molecular weight excluding hydrogens is 268 g/mol. The van der Waals surface area contributed by atoms with E-state index in [1.54, 1.807) is 11.8 Å². The molecule has 2 aliphatic rings. The lowest BCUT2D eigenvalue weighted by molar-refractivity contribution is -0.185. The summed E-state index contributed by atoms with van der Waals surface area (Å²) in [5.74, 6) is -0.106. The molecule has 0 radical (unpaired) electrons. The second-order valence-electron chi connectivity index (χ2n) is 5.30. The van der Waals surface area contributed by atoms with Crippen LogP contribution in [0.15, 0.2) is 0 Å². The van der Waals surface area contributed by atoms with E-state index >= 15 is 0 Å². The summed E-state index contributed by atoms with van der Waals surface area (Å²) in [6.07, 6.45) is -0.979. The van der Waals surface area contributed by atoms with E-state index < -0.39 is 11.9 Å². The van der Waals surface area contributed by atoms with Gasteiger partial charge in [-0.15, -0.1) is 11.8 Å². The van der Waals surface area contributed by atoms with E-state index in [1.165, 1.54) is 6.92 Å². The molecular formula is C13H22O5S. The van der Waals surface area contributed by atoms with E-state index in [9.17, 15) is 4.79 Å². The van der Waals surface area contributed by atoms with Crippen molar-refractivity contribution >= 4 is 17.7 Å². The van der Waals surface area contributed by atoms with Crippen molar-refractivity contribution in [3.8, 4) is 0 Å². The standard InChI is InChI=1S/C13H22O5S/c1-6-19-12-11(16-8(3)14)10-9(7(2)15-12)17-13(4,5)18-10/h7,9-12H,6H2,1-5H3/t7-,9+,10+,11-,12+/m0/s1. The third-order valence-electron chi connectivity index (χ3n) is 3.20. The molecule has 2 saturated heterocycles. The molecule has 6 heteroatoms. The molecule has 0 aromatic heterocycles. The van der Waals surface area contributed by atoms with E-state index in [2.05, 4.69) is 0 Å². The molecule has 110 valence electrons. The van der Waals surface area contributed by atoms with Crippen LogP contribution in [0.25, 0.3) is 0 Å². The summed E-state index contributed by atoms with van der Waals surface area (Å²) in [5, 5.41) is 0. The largest absolute Gasteiger partial charge is 0.456 e. The fraction of sp³-hybridized carbons (Fsp3) is 0.923. The number of hydrogen-bond acceptors (Lipinski definition) is 6. The lowest BCUT2D eigenvalue weighted by Gasteiger charge is -2.40. The molecule has 0 N–H and O–H groups in total. The summed E-state index contributed by atoms with van der Waals surface area (Å²) in [7, 11) is 0. The Balaban J connectivity index is 2.20. The van der Waals surface area contributed by atoms with Crippen LogP contribution in [0.2, 0.25) is 0 Å². The van der Waals surface area contributed by atoms with Gasteiger partial charge in [0.15, 0.2) is 11.9 Å². The average molecular weight is 290 g/mol. The fourth-order valence-electron chi connectivity index (χ4n) is 2.57. The van der Waals surface area contributed by atoms with Crippen molar-refractivity contribution in [1.29, 1.82) is 0 Å². The number of carbonyl (C=O) groups excluding carboxylic acids is 1. The highest BCUT2D eigenvalue weighted by molar-refractivity contribution is 7.99. The van der Waals surface area contributed by atoms with Crippen molar-refractivity contribution in [2.24, 2.45) is 0 Å². The Hall–Kier alpha value is -0.300. The van der Waals surface area contributed by atoms with Gasteiger partial charge in [0.25, 0.3) is 0 Å². The quantitative estimate of drug-likeness (QED) is 0.740. The minimum Gasteiger partial charge on any atom is -0.456 e. The minimum absolute atomic E-state index is 0.0809. The van der Waals surface area contributed by atoms with Crippen LogP contribution in [0, 0.1) is 0 Å². The van der Waals surface area contributed by atoms with E-state index in [0.29, 0.717) is 0 Å². The number of hydrogen-bond donors (Lipinski definition) is 0. The zero-order valence-electron chi connectivity index (χ0n) is 12.0. The second kappa shape index (κ2) is 5.60. The van der Waals surface area contributed by atoms with Crippen LogP contribution in [0.3, 0.4) is 0 Å². The summed E-state index contributed by atoms with van der Waals surface area (Å²) in [6, 6.07) is 0. The maximum absolute atomic E-state index is 11.3. The first-order chi connectivity index (χ1) is 8.84. The Morgan fingerprint density at radius 1 is 1.32 bits per heavy atom.